The Morgan fingerprint density at radius 2 is 2.25 bits per heavy atom. The molecule has 0 saturated carbocycles. The molecule has 0 radical (unpaired) electrons. The first-order valence-corrected chi connectivity index (χ1v) is 7.06. The number of nitrogens with one attached hydrogen (secondary N) is 1. The second-order valence-electron chi connectivity index (χ2n) is 4.40. The van der Waals surface area contributed by atoms with Gasteiger partial charge >= 0.3 is 0 Å². The smallest absolute Gasteiger partial charge is 0.123 e. The number of benzene rings is 1. The van der Waals surface area contributed by atoms with E-state index in [2.05, 4.69) is 11.4 Å². The summed E-state index contributed by atoms with van der Waals surface area (Å²) in [5, 5.41) is 13.9. The lowest BCUT2D eigenvalue weighted by atomic mass is 10.1. The predicted octanol–water partition coefficient (Wildman–Crippen LogP) is 3.62. The Kier molecular flexibility index (Phi) is 4.72. The molecule has 0 bridgehead atoms. The Morgan fingerprint density at radius 1 is 1.45 bits per heavy atom. The zero-order chi connectivity index (χ0) is 14.5. The summed E-state index contributed by atoms with van der Waals surface area (Å²) >= 11 is 1.53. The van der Waals surface area contributed by atoms with E-state index in [1.54, 1.807) is 13.2 Å². The quantitative estimate of drug-likeness (QED) is 0.914. The first-order chi connectivity index (χ1) is 9.63. The van der Waals surface area contributed by atoms with Gasteiger partial charge in [0.2, 0.25) is 0 Å². The van der Waals surface area contributed by atoms with E-state index in [4.69, 9.17) is 10.00 Å². The highest BCUT2D eigenvalue weighted by Crippen LogP contribution is 2.26. The molecular weight excluding hydrogens is 275 g/mol. The van der Waals surface area contributed by atoms with E-state index in [9.17, 15) is 4.39 Å². The summed E-state index contributed by atoms with van der Waals surface area (Å²) in [6.45, 7) is 2.59. The van der Waals surface area contributed by atoms with Gasteiger partial charge in [-0.15, -0.1) is 11.3 Å². The molecule has 3 nitrogen and oxygen atoms in total. The highest BCUT2D eigenvalue weighted by molar-refractivity contribution is 7.10. The van der Waals surface area contributed by atoms with Gasteiger partial charge in [0.15, 0.2) is 0 Å². The summed E-state index contributed by atoms with van der Waals surface area (Å²) in [5.41, 5.74) is 1.45. The fraction of sp³-hybridized carbons (Fsp3) is 0.267. The normalized spacial score (nSPS) is 11.9. The second-order valence-corrected chi connectivity index (χ2v) is 5.40. The maximum atomic E-state index is 13.3. The van der Waals surface area contributed by atoms with E-state index in [0.717, 1.165) is 10.4 Å². The third kappa shape index (κ3) is 3.35. The number of nitrogens with zero attached hydrogens (tertiary/aromatic N) is 1. The molecule has 1 atom stereocenters. The summed E-state index contributed by atoms with van der Waals surface area (Å²) in [6.07, 6.45) is 0. The molecule has 2 rings (SSSR count). The predicted molar refractivity (Wildman–Crippen MR) is 77.2 cm³/mol. The van der Waals surface area contributed by atoms with Crippen LogP contribution in [0.2, 0.25) is 0 Å². The first-order valence-electron chi connectivity index (χ1n) is 6.18. The van der Waals surface area contributed by atoms with Crippen molar-refractivity contribution in [3.05, 3.63) is 51.5 Å². The summed E-state index contributed by atoms with van der Waals surface area (Å²) in [6, 6.07) is 8.40. The lowest BCUT2D eigenvalue weighted by molar-refractivity contribution is 0.400. The van der Waals surface area contributed by atoms with Crippen LogP contribution in [0, 0.1) is 17.1 Å². The highest BCUT2D eigenvalue weighted by atomic mass is 32.1. The summed E-state index contributed by atoms with van der Waals surface area (Å²) in [7, 11) is 1.57. The molecular formula is C15H15FN2OS. The minimum absolute atomic E-state index is 0.0479. The van der Waals surface area contributed by atoms with Gasteiger partial charge < -0.3 is 10.1 Å². The van der Waals surface area contributed by atoms with E-state index in [1.807, 2.05) is 18.4 Å². The molecule has 104 valence electrons. The molecule has 1 aromatic heterocycles. The number of nitriles is 1. The van der Waals surface area contributed by atoms with Crippen LogP contribution in [-0.4, -0.2) is 7.11 Å². The Bertz CT molecular complexity index is 633. The molecule has 0 fully saturated rings. The topological polar surface area (TPSA) is 45.0 Å². The van der Waals surface area contributed by atoms with E-state index in [0.29, 0.717) is 17.9 Å². The van der Waals surface area contributed by atoms with Crippen LogP contribution in [0.1, 0.15) is 29.0 Å². The molecule has 0 aliphatic rings. The molecule has 0 saturated heterocycles. The molecule has 0 spiro atoms. The molecule has 1 aromatic carbocycles. The Hall–Kier alpha value is -1.90. The SMILES string of the molecule is COc1ccc(F)cc1C(C)NCc1cc(C#N)cs1. The Morgan fingerprint density at radius 3 is 2.90 bits per heavy atom. The maximum Gasteiger partial charge on any atom is 0.123 e. The average molecular weight is 290 g/mol. The monoisotopic (exact) mass is 290 g/mol. The van der Waals surface area contributed by atoms with E-state index >= 15 is 0 Å². The first kappa shape index (κ1) is 14.5. The molecule has 1 unspecified atom stereocenters. The van der Waals surface area contributed by atoms with Gasteiger partial charge in [0, 0.05) is 28.4 Å². The number of methoxy groups -OCH3 is 1. The number of thiophene rings is 1. The zero-order valence-electron chi connectivity index (χ0n) is 11.3. The third-order valence-corrected chi connectivity index (χ3v) is 3.96. The molecule has 1 heterocycles. The van der Waals surface area contributed by atoms with Crippen LogP contribution in [0.5, 0.6) is 5.75 Å². The lowest BCUT2D eigenvalue weighted by Gasteiger charge is -2.17. The molecule has 1 N–H and O–H groups in total. The highest BCUT2D eigenvalue weighted by Gasteiger charge is 2.12. The van der Waals surface area contributed by atoms with Crippen LogP contribution >= 0.6 is 11.3 Å². The van der Waals surface area contributed by atoms with Crippen LogP contribution in [0.4, 0.5) is 4.39 Å². The van der Waals surface area contributed by atoms with Gasteiger partial charge in [0.1, 0.15) is 17.6 Å². The number of halogens is 1. The Balaban J connectivity index is 2.06. The number of hydrogen-bond acceptors (Lipinski definition) is 4. The average Bonchev–Trinajstić information content (AvgIpc) is 2.92. The van der Waals surface area contributed by atoms with Crippen LogP contribution in [0.3, 0.4) is 0 Å². The molecule has 0 amide bonds. The lowest BCUT2D eigenvalue weighted by Crippen LogP contribution is -2.18. The van der Waals surface area contributed by atoms with Gasteiger partial charge in [-0.3, -0.25) is 0 Å². The second kappa shape index (κ2) is 6.51. The van der Waals surface area contributed by atoms with E-state index in [-0.39, 0.29) is 11.9 Å². The van der Waals surface area contributed by atoms with Gasteiger partial charge in [-0.05, 0) is 31.2 Å². The Labute approximate surface area is 121 Å². The molecule has 0 aliphatic carbocycles. The number of rotatable bonds is 5. The summed E-state index contributed by atoms with van der Waals surface area (Å²) in [4.78, 5) is 1.07. The van der Waals surface area contributed by atoms with Gasteiger partial charge in [0.25, 0.3) is 0 Å². The van der Waals surface area contributed by atoms with Crippen molar-refractivity contribution >= 4 is 11.3 Å². The largest absolute Gasteiger partial charge is 0.496 e. The number of hydrogen-bond donors (Lipinski definition) is 1. The minimum atomic E-state index is -0.280. The van der Waals surface area contributed by atoms with Gasteiger partial charge in [-0.25, -0.2) is 4.39 Å². The van der Waals surface area contributed by atoms with Crippen LogP contribution in [-0.2, 0) is 6.54 Å². The van der Waals surface area contributed by atoms with Crippen molar-refractivity contribution in [1.82, 2.24) is 5.32 Å². The minimum Gasteiger partial charge on any atom is -0.496 e. The van der Waals surface area contributed by atoms with Gasteiger partial charge in [0.05, 0.1) is 12.7 Å². The van der Waals surface area contributed by atoms with E-state index in [1.165, 1.54) is 23.5 Å². The molecule has 20 heavy (non-hydrogen) atoms. The molecule has 2 aromatic rings. The molecule has 5 heteroatoms. The van der Waals surface area contributed by atoms with Crippen molar-refractivity contribution in [2.75, 3.05) is 7.11 Å². The molecule has 0 aliphatic heterocycles. The van der Waals surface area contributed by atoms with Gasteiger partial charge in [-0.1, -0.05) is 0 Å². The van der Waals surface area contributed by atoms with Crippen LogP contribution in [0.25, 0.3) is 0 Å². The van der Waals surface area contributed by atoms with Crippen molar-refractivity contribution in [3.8, 4) is 11.8 Å². The van der Waals surface area contributed by atoms with Crippen molar-refractivity contribution in [2.45, 2.75) is 19.5 Å². The maximum absolute atomic E-state index is 13.3. The van der Waals surface area contributed by atoms with E-state index < -0.39 is 0 Å². The van der Waals surface area contributed by atoms with Crippen LogP contribution in [0.15, 0.2) is 29.6 Å². The zero-order valence-corrected chi connectivity index (χ0v) is 12.1. The standard InChI is InChI=1S/C15H15FN2OS/c1-10(14-6-12(16)3-4-15(14)19-2)18-8-13-5-11(7-17)9-20-13/h3-6,9-10,18H,8H2,1-2H3. The summed E-state index contributed by atoms with van der Waals surface area (Å²) < 4.78 is 18.6. The fourth-order valence-corrected chi connectivity index (χ4v) is 2.70. The van der Waals surface area contributed by atoms with Crippen molar-refractivity contribution in [1.29, 1.82) is 5.26 Å². The van der Waals surface area contributed by atoms with Crippen molar-refractivity contribution in [2.24, 2.45) is 0 Å². The third-order valence-electron chi connectivity index (χ3n) is 3.02. The number of ether oxygens (including phenoxy) is 1. The van der Waals surface area contributed by atoms with Gasteiger partial charge in [-0.2, -0.15) is 5.26 Å². The fourth-order valence-electron chi connectivity index (χ4n) is 1.94. The van der Waals surface area contributed by atoms with Crippen molar-refractivity contribution < 1.29 is 9.13 Å². The van der Waals surface area contributed by atoms with Crippen molar-refractivity contribution in [3.63, 3.8) is 0 Å². The summed E-state index contributed by atoms with van der Waals surface area (Å²) in [5.74, 6) is 0.382. The van der Waals surface area contributed by atoms with Crippen LogP contribution < -0.4 is 10.1 Å².